The monoisotopic (exact) mass is 264 g/mol. The van der Waals surface area contributed by atoms with Crippen molar-refractivity contribution < 1.29 is 13.2 Å². The summed E-state index contributed by atoms with van der Waals surface area (Å²) in [5, 5.41) is 0. The molecule has 14 heavy (non-hydrogen) atoms. The van der Waals surface area contributed by atoms with Crippen molar-refractivity contribution in [3.63, 3.8) is 0 Å². The zero-order valence-electron chi connectivity index (χ0n) is 6.77. The van der Waals surface area contributed by atoms with Crippen molar-refractivity contribution in [2.45, 2.75) is 12.7 Å². The number of pyridine rings is 1. The lowest BCUT2D eigenvalue weighted by atomic mass is 10.3. The third-order valence-electron chi connectivity index (χ3n) is 1.44. The summed E-state index contributed by atoms with van der Waals surface area (Å²) in [5.41, 5.74) is -0.867. The number of aromatic nitrogens is 1. The first-order valence-corrected chi connectivity index (χ1v) is 4.30. The zero-order valence-corrected chi connectivity index (χ0v) is 8.35. The summed E-state index contributed by atoms with van der Waals surface area (Å²) < 4.78 is 37.0. The summed E-state index contributed by atoms with van der Waals surface area (Å²) in [4.78, 5) is 6.33. The Kier molecular flexibility index (Phi) is 3.11. The summed E-state index contributed by atoms with van der Waals surface area (Å²) in [6.07, 6.45) is -4.46. The molecule has 6 heteroatoms. The van der Waals surface area contributed by atoms with Gasteiger partial charge < -0.3 is 4.85 Å². The molecule has 0 saturated carbocycles. The molecule has 2 nitrogen and oxygen atoms in total. The Morgan fingerprint density at radius 1 is 1.43 bits per heavy atom. The maximum Gasteiger partial charge on any atom is 0.433 e. The maximum atomic E-state index is 12.2. The summed E-state index contributed by atoms with van der Waals surface area (Å²) in [6.45, 7) is 6.38. The fourth-order valence-electron chi connectivity index (χ4n) is 0.828. The molecule has 1 aromatic heterocycles. The van der Waals surface area contributed by atoms with Gasteiger partial charge in [0.1, 0.15) is 11.4 Å². The van der Waals surface area contributed by atoms with E-state index in [-0.39, 0.29) is 12.2 Å². The Morgan fingerprint density at radius 3 is 2.57 bits per heavy atom. The van der Waals surface area contributed by atoms with Crippen molar-refractivity contribution >= 4 is 15.9 Å². The number of hydrogen-bond acceptors (Lipinski definition) is 1. The van der Waals surface area contributed by atoms with Crippen molar-refractivity contribution in [2.24, 2.45) is 0 Å². The second-order valence-corrected chi connectivity index (χ2v) is 3.29. The lowest BCUT2D eigenvalue weighted by Crippen LogP contribution is -2.09. The second-order valence-electron chi connectivity index (χ2n) is 2.44. The molecule has 0 N–H and O–H groups in total. The largest absolute Gasteiger partial charge is 0.433 e. The van der Waals surface area contributed by atoms with Gasteiger partial charge in [0.25, 0.3) is 6.54 Å². The van der Waals surface area contributed by atoms with E-state index in [1.54, 1.807) is 0 Å². The van der Waals surface area contributed by atoms with Crippen LogP contribution in [0, 0.1) is 6.57 Å². The molecule has 0 aliphatic rings. The van der Waals surface area contributed by atoms with E-state index in [2.05, 4.69) is 25.8 Å². The van der Waals surface area contributed by atoms with Gasteiger partial charge in [0.15, 0.2) is 0 Å². The van der Waals surface area contributed by atoms with Crippen LogP contribution in [-0.2, 0) is 12.7 Å². The molecule has 0 aliphatic carbocycles. The molecule has 0 spiro atoms. The first-order valence-electron chi connectivity index (χ1n) is 3.51. The lowest BCUT2D eigenvalue weighted by Gasteiger charge is -2.06. The van der Waals surface area contributed by atoms with E-state index in [1.165, 1.54) is 6.07 Å². The van der Waals surface area contributed by atoms with Gasteiger partial charge in [0.2, 0.25) is 0 Å². The lowest BCUT2D eigenvalue weighted by molar-refractivity contribution is -0.141. The molecule has 0 bridgehead atoms. The SMILES string of the molecule is [C-]#[N+]Cc1nc(C(F)(F)F)ccc1Br. The van der Waals surface area contributed by atoms with E-state index in [1.807, 2.05) is 0 Å². The highest BCUT2D eigenvalue weighted by Crippen LogP contribution is 2.29. The average molecular weight is 265 g/mol. The van der Waals surface area contributed by atoms with Gasteiger partial charge in [-0.2, -0.15) is 13.2 Å². The molecule has 74 valence electrons. The van der Waals surface area contributed by atoms with E-state index in [0.717, 1.165) is 6.07 Å². The van der Waals surface area contributed by atoms with Gasteiger partial charge in [-0.1, -0.05) is 0 Å². The summed E-state index contributed by atoms with van der Waals surface area (Å²) in [6, 6.07) is 2.12. The Labute approximate surface area is 86.7 Å². The van der Waals surface area contributed by atoms with Crippen molar-refractivity contribution in [1.29, 1.82) is 0 Å². The predicted molar refractivity (Wildman–Crippen MR) is 47.2 cm³/mol. The van der Waals surface area contributed by atoms with Gasteiger partial charge in [-0.05, 0) is 28.1 Å². The smallest absolute Gasteiger partial charge is 0.310 e. The molecule has 0 aromatic carbocycles. The fraction of sp³-hybridized carbons (Fsp3) is 0.250. The van der Waals surface area contributed by atoms with E-state index in [0.29, 0.717) is 4.47 Å². The standard InChI is InChI=1S/C8H4BrF3N2/c1-13-4-6-5(9)2-3-7(14-6)8(10,11)12/h2-3H,4H2. The zero-order chi connectivity index (χ0) is 10.8. The van der Waals surface area contributed by atoms with E-state index < -0.39 is 11.9 Å². The average Bonchev–Trinajstić information content (AvgIpc) is 2.07. The Hall–Kier alpha value is -1.09. The summed E-state index contributed by atoms with van der Waals surface area (Å²) in [7, 11) is 0. The Balaban J connectivity index is 3.14. The minimum Gasteiger partial charge on any atom is -0.310 e. The molecule has 0 aliphatic heterocycles. The van der Waals surface area contributed by atoms with Crippen LogP contribution in [0.1, 0.15) is 11.4 Å². The van der Waals surface area contributed by atoms with Crippen LogP contribution in [0.15, 0.2) is 16.6 Å². The first kappa shape index (κ1) is 11.0. The highest BCUT2D eigenvalue weighted by Gasteiger charge is 2.33. The first-order chi connectivity index (χ1) is 6.45. The molecular weight excluding hydrogens is 261 g/mol. The molecule has 0 unspecified atom stereocenters. The Morgan fingerprint density at radius 2 is 2.07 bits per heavy atom. The number of alkyl halides is 3. The normalized spacial score (nSPS) is 11.1. The summed E-state index contributed by atoms with van der Waals surface area (Å²) in [5.74, 6) is 0. The molecule has 1 rings (SSSR count). The van der Waals surface area contributed by atoms with Crippen molar-refractivity contribution in [3.8, 4) is 0 Å². The molecule has 1 heterocycles. The summed E-state index contributed by atoms with van der Waals surface area (Å²) >= 11 is 3.02. The van der Waals surface area contributed by atoms with Crippen LogP contribution in [0.25, 0.3) is 4.85 Å². The molecule has 0 fully saturated rings. The van der Waals surface area contributed by atoms with Crippen molar-refractivity contribution in [1.82, 2.24) is 4.98 Å². The number of hydrogen-bond donors (Lipinski definition) is 0. The van der Waals surface area contributed by atoms with Crippen molar-refractivity contribution in [2.75, 3.05) is 0 Å². The van der Waals surface area contributed by atoms with Crippen molar-refractivity contribution in [3.05, 3.63) is 39.4 Å². The third kappa shape index (κ3) is 2.45. The topological polar surface area (TPSA) is 17.2 Å². The van der Waals surface area contributed by atoms with Gasteiger partial charge >= 0.3 is 6.18 Å². The van der Waals surface area contributed by atoms with Crippen LogP contribution < -0.4 is 0 Å². The predicted octanol–water partition coefficient (Wildman–Crippen LogP) is 3.28. The quantitative estimate of drug-likeness (QED) is 0.712. The minimum atomic E-state index is -4.46. The molecule has 0 amide bonds. The fourth-order valence-corrected chi connectivity index (χ4v) is 1.17. The van der Waals surface area contributed by atoms with E-state index >= 15 is 0 Å². The highest BCUT2D eigenvalue weighted by atomic mass is 79.9. The number of nitrogens with zero attached hydrogens (tertiary/aromatic N) is 2. The number of halogens is 4. The van der Waals surface area contributed by atoms with Crippen LogP contribution >= 0.6 is 15.9 Å². The molecule has 0 radical (unpaired) electrons. The second kappa shape index (κ2) is 3.96. The minimum absolute atomic E-state index is 0.106. The van der Waals surface area contributed by atoms with Crippen LogP contribution in [-0.4, -0.2) is 4.98 Å². The molecule has 0 atom stereocenters. The van der Waals surface area contributed by atoms with Crippen LogP contribution in [0.4, 0.5) is 13.2 Å². The van der Waals surface area contributed by atoms with Gasteiger partial charge in [0.05, 0.1) is 0 Å². The van der Waals surface area contributed by atoms with Gasteiger partial charge in [-0.3, -0.25) is 0 Å². The van der Waals surface area contributed by atoms with Gasteiger partial charge in [-0.25, -0.2) is 11.6 Å². The van der Waals surface area contributed by atoms with E-state index in [9.17, 15) is 13.2 Å². The van der Waals surface area contributed by atoms with Gasteiger partial charge in [-0.15, -0.1) is 0 Å². The molecule has 0 saturated heterocycles. The van der Waals surface area contributed by atoms with Crippen LogP contribution in [0.3, 0.4) is 0 Å². The van der Waals surface area contributed by atoms with Crippen LogP contribution in [0.2, 0.25) is 0 Å². The highest BCUT2D eigenvalue weighted by molar-refractivity contribution is 9.10. The third-order valence-corrected chi connectivity index (χ3v) is 2.16. The molecule has 1 aromatic rings. The Bertz CT molecular complexity index is 381. The molecular formula is C8H4BrF3N2. The van der Waals surface area contributed by atoms with Crippen LogP contribution in [0.5, 0.6) is 0 Å². The van der Waals surface area contributed by atoms with E-state index in [4.69, 9.17) is 6.57 Å². The maximum absolute atomic E-state index is 12.2. The van der Waals surface area contributed by atoms with Gasteiger partial charge in [0, 0.05) is 4.47 Å². The number of rotatable bonds is 1.